The van der Waals surface area contributed by atoms with E-state index in [0.29, 0.717) is 84.1 Å². The van der Waals surface area contributed by atoms with Crippen LogP contribution in [0.1, 0.15) is 165 Å². The number of carbonyl (C=O) groups excluding carboxylic acids is 7. The summed E-state index contributed by atoms with van der Waals surface area (Å²) in [6.07, 6.45) is 16.5. The Morgan fingerprint density at radius 2 is 1.17 bits per heavy atom. The Morgan fingerprint density at radius 1 is 0.643 bits per heavy atom. The quantitative estimate of drug-likeness (QED) is 0.0619. The molecule has 25 nitrogen and oxygen atoms in total. The van der Waals surface area contributed by atoms with Crippen LogP contribution >= 0.6 is 11.3 Å². The Bertz CT molecular complexity index is 5230. The number of Topliss-reactive ketones (excluding diaryl/α,β-unsaturated/α-hetero) is 2. The standard InChI is InChI=1S/C42H44N4O8S2.C34H34N2O6.C9H14N2O3S.2CH4/c1-5-25-21-42(25,40(50)45-56(51,52)28-13-14-28)22-34(47)33-20-27-23-46(33)39(49)37(41(2,3)4)43-38(48)36-24(16-18-55-36)9-8-17-53-26-12-15-30-29-10-6-7-11-31(29)35(44-54-27)32(30)19-26;1-34(2,3)31-30(37)27-17-21(18-28(27)33(39)40)42-36-29-25-11-5-4-10-23(25)24-14-13-20(16-26(24)29)41-15-7-9-19-8-6-12-22(19)32(38)35-31;1-2-6-5-9(6,10)8(12)11-15(13,14)7-3-4-7;;/h5-12,15-16,18-19,25,27-28,33,37H,1,13-14,17,20-23H2,2-4H3,(H,43,48)(H,45,50);4-11,13-14,16,21,27-28,31H,12,15,17-18H2,1-3H3,(H,35,38)(H,39,40);2,6-7H,1,3-5,10H2,(H,11,12);2*1H4/b9-8+,44-35+;9-7+,36-29?;;;/t25-,27-,33+,37-,42-;21-,27?,28+,31+;6-,9-;;/m101../s1. The molecule has 7 N–H and O–H groups in total. The number of sulfonamides is 2. The van der Waals surface area contributed by atoms with Gasteiger partial charge in [-0.2, -0.15) is 0 Å². The Labute approximate surface area is 675 Å². The maximum Gasteiger partial charge on any atom is 0.307 e. The van der Waals surface area contributed by atoms with Gasteiger partial charge >= 0.3 is 5.97 Å². The number of amides is 5. The SMILES string of the molecule is C.C.C=C[C@@H]1C[C@]1(CC(=O)[C@@H]1C[C@@H]2CN1C(=O)[C@H](C(C)(C)C)NC(=O)c1sccc1/C=C/COc1ccc3c(c1)/C(=N/O2)c1ccccc1-3)C(=O)NS(=O)(=O)C1CC1.C=C[C@@H]1C[C@]1(N)C(=O)NS(=O)(=O)C1CC1.CC(C)(C)[C@@H]1NC(=O)C2=C(C=CC2)/C=C/COc2ccc3c(c2)C(=NO[C@H]2CC(C1=O)[C@H](C(=O)O)C2)c1ccccc1-3. The van der Waals surface area contributed by atoms with Crippen molar-refractivity contribution in [1.82, 2.24) is 25.0 Å². The lowest BCUT2D eigenvalue weighted by Gasteiger charge is -2.35. The van der Waals surface area contributed by atoms with Crippen molar-refractivity contribution in [3.8, 4) is 33.8 Å². The molecule has 115 heavy (non-hydrogen) atoms. The van der Waals surface area contributed by atoms with Crippen molar-refractivity contribution < 1.29 is 79.4 Å². The van der Waals surface area contributed by atoms with Crippen LogP contribution in [0.5, 0.6) is 11.5 Å². The van der Waals surface area contributed by atoms with Crippen molar-refractivity contribution >= 4 is 96.0 Å². The third-order valence-electron chi connectivity index (χ3n) is 22.9. The summed E-state index contributed by atoms with van der Waals surface area (Å²) >= 11 is 1.25. The molecule has 6 fully saturated rings. The second kappa shape index (κ2) is 32.7. The summed E-state index contributed by atoms with van der Waals surface area (Å²) in [4.78, 5) is 122. The number of aliphatic carboxylic acids is 1. The number of fused-ring (bicyclic) bond motifs is 13. The van der Waals surface area contributed by atoms with Crippen LogP contribution in [0.25, 0.3) is 28.3 Å². The Morgan fingerprint density at radius 3 is 1.70 bits per heavy atom. The van der Waals surface area contributed by atoms with Gasteiger partial charge in [-0.25, -0.2) is 16.8 Å². The first kappa shape index (κ1) is 84.0. The molecule has 11 aliphatic rings. The number of hydrogen-bond donors (Lipinski definition) is 6. The maximum atomic E-state index is 14.8. The number of nitrogens with zero attached hydrogens (tertiary/aromatic N) is 3. The van der Waals surface area contributed by atoms with Crippen LogP contribution in [-0.2, 0) is 63.3 Å². The van der Waals surface area contributed by atoms with E-state index in [1.807, 2.05) is 179 Å². The minimum absolute atomic E-state index is 0. The molecule has 28 heteroatoms. The number of allylic oxidation sites excluding steroid dienone is 5. The summed E-state index contributed by atoms with van der Waals surface area (Å²) in [7, 11) is -7.34. The Balaban J connectivity index is 0.000000181. The van der Waals surface area contributed by atoms with Gasteiger partial charge in [-0.05, 0) is 162 Å². The van der Waals surface area contributed by atoms with Gasteiger partial charge in [0.2, 0.25) is 37.8 Å². The first-order chi connectivity index (χ1) is 53.7. The molecule has 3 aliphatic heterocycles. The fourth-order valence-corrected chi connectivity index (χ4v) is 19.5. The monoisotopic (exact) mass is 1620 g/mol. The van der Waals surface area contributed by atoms with Crippen molar-refractivity contribution in [3.63, 3.8) is 0 Å². The summed E-state index contributed by atoms with van der Waals surface area (Å²) in [6.45, 7) is 19.0. The van der Waals surface area contributed by atoms with Crippen LogP contribution in [0.4, 0.5) is 0 Å². The van der Waals surface area contributed by atoms with E-state index in [1.54, 1.807) is 12.2 Å². The third-order valence-corrected chi connectivity index (χ3v) is 27.5. The average Bonchev–Trinajstić information content (AvgIpc) is 1.46. The smallest absolute Gasteiger partial charge is 0.307 e. The molecule has 5 aromatic rings. The minimum atomic E-state index is -3.87. The fourth-order valence-electron chi connectivity index (χ4n) is 16.0. The number of ketones is 2. The van der Waals surface area contributed by atoms with Crippen LogP contribution in [-0.4, -0.2) is 151 Å². The predicted octanol–water partition coefficient (Wildman–Crippen LogP) is 11.5. The highest BCUT2D eigenvalue weighted by molar-refractivity contribution is 7.91. The van der Waals surface area contributed by atoms with Gasteiger partial charge in [-0.3, -0.25) is 47.8 Å². The highest BCUT2D eigenvalue weighted by atomic mass is 32.2. The second-order valence-corrected chi connectivity index (χ2v) is 37.8. The lowest BCUT2D eigenvalue weighted by atomic mass is 9.77. The largest absolute Gasteiger partial charge is 0.490 e. The van der Waals surface area contributed by atoms with Crippen molar-refractivity contribution in [2.45, 2.75) is 173 Å². The molecule has 0 spiro atoms. The molecular weight excluding hydrogens is 1530 g/mol. The lowest BCUT2D eigenvalue weighted by molar-refractivity contribution is -0.146. The van der Waals surface area contributed by atoms with Gasteiger partial charge in [-0.1, -0.05) is 152 Å². The number of carbonyl (C=O) groups is 8. The van der Waals surface area contributed by atoms with Gasteiger partial charge in [0, 0.05) is 58.9 Å². The van der Waals surface area contributed by atoms with E-state index in [4.69, 9.17) is 24.9 Å². The molecule has 4 heterocycles. The molecule has 5 amide bonds. The third kappa shape index (κ3) is 17.3. The number of hydrogen-bond acceptors (Lipinski definition) is 20. The van der Waals surface area contributed by atoms with Crippen LogP contribution < -0.4 is 35.3 Å². The van der Waals surface area contributed by atoms with E-state index in [9.17, 15) is 60.3 Å². The zero-order chi connectivity index (χ0) is 80.4. The van der Waals surface area contributed by atoms with Crippen molar-refractivity contribution in [2.24, 2.45) is 56.0 Å². The maximum absolute atomic E-state index is 14.8. The average molecular weight is 1630 g/mol. The normalized spacial score (nSPS) is 27.4. The molecule has 8 bridgehead atoms. The number of nitrogens with one attached hydrogen (secondary N) is 4. The molecule has 1 saturated heterocycles. The molecule has 1 aromatic heterocycles. The summed E-state index contributed by atoms with van der Waals surface area (Å²) in [5, 5.41) is 26.1. The number of thiophene rings is 1. The molecule has 8 aliphatic carbocycles. The molecule has 608 valence electrons. The van der Waals surface area contributed by atoms with E-state index < -0.39 is 136 Å². The van der Waals surface area contributed by atoms with E-state index in [1.165, 1.54) is 16.2 Å². The topological polar surface area (TPSA) is 364 Å². The van der Waals surface area contributed by atoms with Crippen LogP contribution in [0, 0.1) is 39.9 Å². The van der Waals surface area contributed by atoms with Crippen LogP contribution in [0.3, 0.4) is 0 Å². The molecule has 16 rings (SSSR count). The second-order valence-electron chi connectivity index (χ2n) is 33.0. The van der Waals surface area contributed by atoms with Crippen molar-refractivity contribution in [3.05, 3.63) is 196 Å². The summed E-state index contributed by atoms with van der Waals surface area (Å²) in [5.74, 6) is -5.33. The zero-order valence-electron chi connectivity index (χ0n) is 63.6. The number of rotatable bonds is 12. The van der Waals surface area contributed by atoms with Gasteiger partial charge < -0.3 is 45.5 Å². The summed E-state index contributed by atoms with van der Waals surface area (Å²) < 4.78 is 64.9. The van der Waals surface area contributed by atoms with Gasteiger partial charge in [0.05, 0.1) is 45.3 Å². The molecular formula is C87H100N8O17S3. The zero-order valence-corrected chi connectivity index (χ0v) is 66.1. The van der Waals surface area contributed by atoms with Crippen molar-refractivity contribution in [2.75, 3.05) is 19.8 Å². The van der Waals surface area contributed by atoms with E-state index in [-0.39, 0.29) is 77.7 Å². The predicted molar refractivity (Wildman–Crippen MR) is 439 cm³/mol. The van der Waals surface area contributed by atoms with Gasteiger partial charge in [0.15, 0.2) is 11.6 Å². The molecule has 4 aromatic carbocycles. The van der Waals surface area contributed by atoms with Gasteiger partial charge in [0.25, 0.3) is 11.8 Å². The summed E-state index contributed by atoms with van der Waals surface area (Å²) in [5.41, 5.74) is 12.6. The number of oxime groups is 2. The van der Waals surface area contributed by atoms with Crippen molar-refractivity contribution in [1.29, 1.82) is 0 Å². The highest BCUT2D eigenvalue weighted by Gasteiger charge is 2.62. The number of nitrogens with two attached hydrogens (primary N) is 1. The molecule has 0 radical (unpaired) electrons. The number of carboxylic acids is 1. The molecule has 1 unspecified atom stereocenters. The number of carboxylic acid groups (broad SMARTS) is 1. The molecule has 11 atom stereocenters. The summed E-state index contributed by atoms with van der Waals surface area (Å²) in [6, 6.07) is 26.3. The van der Waals surface area contributed by atoms with Gasteiger partial charge in [-0.15, -0.1) is 24.5 Å². The van der Waals surface area contributed by atoms with Gasteiger partial charge in [0.1, 0.15) is 59.9 Å². The first-order valence-corrected chi connectivity index (χ1v) is 42.1. The number of benzene rings is 4. The first-order valence-electron chi connectivity index (χ1n) is 38.1. The Kier molecular flexibility index (Phi) is 23.9. The highest BCUT2D eigenvalue weighted by Crippen LogP contribution is 2.57. The van der Waals surface area contributed by atoms with E-state index >= 15 is 0 Å². The molecule has 5 saturated carbocycles. The minimum Gasteiger partial charge on any atom is -0.490 e. The van der Waals surface area contributed by atoms with E-state index in [2.05, 4.69) is 38.8 Å². The van der Waals surface area contributed by atoms with Crippen LogP contribution in [0.2, 0.25) is 0 Å². The van der Waals surface area contributed by atoms with Crippen LogP contribution in [0.15, 0.2) is 174 Å². The fraction of sp³-hybridized carbons (Fsp3) is 0.425. The Hall–Kier alpha value is -10.4. The number of ether oxygens (including phenoxy) is 2. The lowest BCUT2D eigenvalue weighted by Crippen LogP contribution is -2.57. The van der Waals surface area contributed by atoms with E-state index in [0.717, 1.165) is 50.1 Å².